The van der Waals surface area contributed by atoms with Crippen molar-refractivity contribution in [3.8, 4) is 0 Å². The molecule has 1 aromatic heterocycles. The van der Waals surface area contributed by atoms with Gasteiger partial charge in [0.2, 0.25) is 0 Å². The molecule has 0 atom stereocenters. The number of nitrogens with zero attached hydrogens (tertiary/aromatic N) is 3. The van der Waals surface area contributed by atoms with Crippen LogP contribution in [0.15, 0.2) is 22.2 Å². The molecule has 0 saturated heterocycles. The Hall–Kier alpha value is -1.54. The van der Waals surface area contributed by atoms with Gasteiger partial charge in [0.25, 0.3) is 0 Å². The van der Waals surface area contributed by atoms with E-state index in [2.05, 4.69) is 21.0 Å². The van der Waals surface area contributed by atoms with Gasteiger partial charge in [-0.3, -0.25) is 0 Å². The van der Waals surface area contributed by atoms with E-state index < -0.39 is 0 Å². The summed E-state index contributed by atoms with van der Waals surface area (Å²) in [6.45, 7) is 2.66. The minimum Gasteiger partial charge on any atom is -0.375 e. The first-order valence-corrected chi connectivity index (χ1v) is 4.22. The van der Waals surface area contributed by atoms with Crippen LogP contribution < -0.4 is 4.90 Å². The molecular weight excluding hydrogens is 164 g/mol. The van der Waals surface area contributed by atoms with Gasteiger partial charge in [-0.1, -0.05) is 0 Å². The SMILES string of the molecule is CCN=C=Nc1[nH]ccc1N(C)C. The second-order valence-corrected chi connectivity index (χ2v) is 2.79. The third-order valence-corrected chi connectivity index (χ3v) is 1.58. The van der Waals surface area contributed by atoms with E-state index in [0.717, 1.165) is 11.5 Å². The molecule has 1 N–H and O–H groups in total. The van der Waals surface area contributed by atoms with Crippen LogP contribution in [0.1, 0.15) is 6.92 Å². The third kappa shape index (κ3) is 2.46. The van der Waals surface area contributed by atoms with Gasteiger partial charge in [0, 0.05) is 26.8 Å². The highest BCUT2D eigenvalue weighted by Gasteiger charge is 2.02. The second-order valence-electron chi connectivity index (χ2n) is 2.79. The average Bonchev–Trinajstić information content (AvgIpc) is 2.53. The summed E-state index contributed by atoms with van der Waals surface area (Å²) >= 11 is 0. The lowest BCUT2D eigenvalue weighted by Crippen LogP contribution is -2.07. The van der Waals surface area contributed by atoms with Gasteiger partial charge < -0.3 is 9.88 Å². The number of hydrogen-bond donors (Lipinski definition) is 1. The van der Waals surface area contributed by atoms with Gasteiger partial charge in [-0.15, -0.1) is 0 Å². The van der Waals surface area contributed by atoms with Crippen molar-refractivity contribution in [2.75, 3.05) is 25.5 Å². The maximum absolute atomic E-state index is 4.06. The summed E-state index contributed by atoms with van der Waals surface area (Å²) in [5.74, 6) is 0.794. The van der Waals surface area contributed by atoms with Crippen LogP contribution >= 0.6 is 0 Å². The molecule has 1 aromatic rings. The fourth-order valence-corrected chi connectivity index (χ4v) is 0.959. The Morgan fingerprint density at radius 1 is 1.54 bits per heavy atom. The topological polar surface area (TPSA) is 43.8 Å². The molecule has 0 saturated carbocycles. The van der Waals surface area contributed by atoms with Crippen molar-refractivity contribution in [1.82, 2.24) is 4.98 Å². The van der Waals surface area contributed by atoms with Crippen molar-refractivity contribution in [3.05, 3.63) is 12.3 Å². The van der Waals surface area contributed by atoms with Crippen molar-refractivity contribution in [2.45, 2.75) is 6.92 Å². The van der Waals surface area contributed by atoms with E-state index in [4.69, 9.17) is 0 Å². The van der Waals surface area contributed by atoms with Crippen LogP contribution in [0.3, 0.4) is 0 Å². The molecule has 13 heavy (non-hydrogen) atoms. The van der Waals surface area contributed by atoms with Gasteiger partial charge in [-0.25, -0.2) is 4.99 Å². The quantitative estimate of drug-likeness (QED) is 0.706. The molecule has 0 aromatic carbocycles. The number of aromatic amines is 1. The Morgan fingerprint density at radius 2 is 2.31 bits per heavy atom. The van der Waals surface area contributed by atoms with Crippen LogP contribution in [0, 0.1) is 0 Å². The van der Waals surface area contributed by atoms with Gasteiger partial charge in [0.05, 0.1) is 11.7 Å². The summed E-state index contributed by atoms with van der Waals surface area (Å²) in [4.78, 5) is 13.0. The summed E-state index contributed by atoms with van der Waals surface area (Å²) in [6.07, 6.45) is 1.85. The minimum absolute atomic E-state index is 0.710. The molecule has 0 radical (unpaired) electrons. The summed E-state index contributed by atoms with van der Waals surface area (Å²) in [6, 6.07) is 4.59. The smallest absolute Gasteiger partial charge is 0.165 e. The van der Waals surface area contributed by atoms with Crippen LogP contribution in [0.2, 0.25) is 0 Å². The van der Waals surface area contributed by atoms with Gasteiger partial charge in [-0.2, -0.15) is 4.99 Å². The molecule has 4 nitrogen and oxygen atoms in total. The lowest BCUT2D eigenvalue weighted by atomic mass is 10.4. The highest BCUT2D eigenvalue weighted by Crippen LogP contribution is 2.23. The number of aliphatic imine (C=N–C) groups is 2. The van der Waals surface area contributed by atoms with Gasteiger partial charge in [-0.05, 0) is 13.0 Å². The molecule has 1 heterocycles. The Bertz CT molecular complexity index is 318. The van der Waals surface area contributed by atoms with Crippen molar-refractivity contribution >= 4 is 17.5 Å². The standard InChI is InChI=1S/C9H14N4/c1-4-10-7-12-9-8(13(2)3)5-6-11-9/h5-6,11H,4H2,1-3H3. The molecule has 4 heteroatoms. The van der Waals surface area contributed by atoms with E-state index in [1.165, 1.54) is 0 Å². The van der Waals surface area contributed by atoms with Crippen molar-refractivity contribution in [1.29, 1.82) is 0 Å². The maximum atomic E-state index is 4.06. The van der Waals surface area contributed by atoms with E-state index in [9.17, 15) is 0 Å². The van der Waals surface area contributed by atoms with E-state index in [-0.39, 0.29) is 0 Å². The fourth-order valence-electron chi connectivity index (χ4n) is 0.959. The Balaban J connectivity index is 2.88. The molecule has 0 unspecified atom stereocenters. The number of rotatable bonds is 3. The van der Waals surface area contributed by atoms with Crippen molar-refractivity contribution < 1.29 is 0 Å². The van der Waals surface area contributed by atoms with Crippen LogP contribution in [-0.2, 0) is 0 Å². The Labute approximate surface area is 78.0 Å². The number of aromatic nitrogens is 1. The first-order chi connectivity index (χ1) is 6.25. The Morgan fingerprint density at radius 3 is 2.92 bits per heavy atom. The summed E-state index contributed by atoms with van der Waals surface area (Å²) in [5, 5.41) is 0. The molecule has 1 rings (SSSR count). The molecule has 0 fully saturated rings. The van der Waals surface area contributed by atoms with E-state index in [0.29, 0.717) is 6.54 Å². The zero-order valence-electron chi connectivity index (χ0n) is 8.20. The molecule has 0 aliphatic heterocycles. The predicted octanol–water partition coefficient (Wildman–Crippen LogP) is 1.91. The van der Waals surface area contributed by atoms with Crippen molar-refractivity contribution in [3.63, 3.8) is 0 Å². The zero-order valence-corrected chi connectivity index (χ0v) is 8.20. The predicted molar refractivity (Wildman–Crippen MR) is 55.2 cm³/mol. The molecule has 0 amide bonds. The highest BCUT2D eigenvalue weighted by molar-refractivity contribution is 5.66. The number of hydrogen-bond acceptors (Lipinski definition) is 3. The van der Waals surface area contributed by atoms with Crippen LogP contribution in [0.4, 0.5) is 11.5 Å². The molecule has 0 spiro atoms. The van der Waals surface area contributed by atoms with E-state index >= 15 is 0 Å². The molecule has 70 valence electrons. The first-order valence-electron chi connectivity index (χ1n) is 4.22. The number of anilines is 1. The van der Waals surface area contributed by atoms with Crippen LogP contribution in [-0.4, -0.2) is 31.6 Å². The monoisotopic (exact) mass is 178 g/mol. The second kappa shape index (κ2) is 4.48. The van der Waals surface area contributed by atoms with Crippen LogP contribution in [0.25, 0.3) is 0 Å². The largest absolute Gasteiger partial charge is 0.375 e. The minimum atomic E-state index is 0.710. The molecule has 0 aliphatic rings. The van der Waals surface area contributed by atoms with Crippen LogP contribution in [0.5, 0.6) is 0 Å². The summed E-state index contributed by atoms with van der Waals surface area (Å²) < 4.78 is 0. The van der Waals surface area contributed by atoms with E-state index in [1.807, 2.05) is 38.2 Å². The molecule has 0 bridgehead atoms. The Kier molecular flexibility index (Phi) is 3.29. The summed E-state index contributed by atoms with van der Waals surface area (Å²) in [7, 11) is 3.94. The highest BCUT2D eigenvalue weighted by atomic mass is 15.1. The van der Waals surface area contributed by atoms with Gasteiger partial charge >= 0.3 is 0 Å². The molecule has 0 aliphatic carbocycles. The normalized spacial score (nSPS) is 9.15. The van der Waals surface area contributed by atoms with Gasteiger partial charge in [0.15, 0.2) is 5.82 Å². The maximum Gasteiger partial charge on any atom is 0.165 e. The van der Waals surface area contributed by atoms with E-state index in [1.54, 1.807) is 0 Å². The van der Waals surface area contributed by atoms with Gasteiger partial charge in [0.1, 0.15) is 0 Å². The average molecular weight is 178 g/mol. The first kappa shape index (κ1) is 9.55. The lowest BCUT2D eigenvalue weighted by molar-refractivity contribution is 1.12. The third-order valence-electron chi connectivity index (χ3n) is 1.58. The number of nitrogens with one attached hydrogen (secondary N) is 1. The molecular formula is C9H14N4. The fraction of sp³-hybridized carbons (Fsp3) is 0.444. The zero-order chi connectivity index (χ0) is 9.68. The lowest BCUT2D eigenvalue weighted by Gasteiger charge is -2.09. The number of H-pyrrole nitrogens is 1. The summed E-state index contributed by atoms with van der Waals surface area (Å²) in [5.41, 5.74) is 1.04. The van der Waals surface area contributed by atoms with Crippen molar-refractivity contribution in [2.24, 2.45) is 9.98 Å².